The van der Waals surface area contributed by atoms with E-state index in [1.165, 1.54) is 24.3 Å². The number of nitrogens with zero attached hydrogens (tertiary/aromatic N) is 1. The van der Waals surface area contributed by atoms with Crippen LogP contribution in [0.4, 0.5) is 5.69 Å². The Morgan fingerprint density at radius 1 is 1.10 bits per heavy atom. The second-order valence-corrected chi connectivity index (χ2v) is 6.66. The number of non-ortho nitro benzene ring substituents is 1. The highest BCUT2D eigenvalue weighted by atomic mass is 16.6. The molecule has 10 heteroatoms. The van der Waals surface area contributed by atoms with E-state index in [0.717, 1.165) is 5.56 Å². The van der Waals surface area contributed by atoms with Crippen LogP contribution in [0.1, 0.15) is 17.2 Å². The van der Waals surface area contributed by atoms with Crippen LogP contribution in [0, 0.1) is 10.1 Å². The van der Waals surface area contributed by atoms with Gasteiger partial charge in [0.1, 0.15) is 6.10 Å². The molecule has 0 heterocycles. The number of nitro benzene ring substituents is 1. The number of benzene rings is 2. The Bertz CT molecular complexity index is 859. The SMILES string of the molecule is N[C@@H](Cc1ccccc1)C(=O)NCC(=O)NC(CO)C(O)c1ccc([N+](=O)[O-])cc1. The summed E-state index contributed by atoms with van der Waals surface area (Å²) in [5.41, 5.74) is 6.87. The van der Waals surface area contributed by atoms with Crippen LogP contribution in [-0.2, 0) is 16.0 Å². The smallest absolute Gasteiger partial charge is 0.269 e. The summed E-state index contributed by atoms with van der Waals surface area (Å²) < 4.78 is 0. The molecule has 0 spiro atoms. The molecule has 0 fully saturated rings. The van der Waals surface area contributed by atoms with Gasteiger partial charge >= 0.3 is 0 Å². The van der Waals surface area contributed by atoms with E-state index in [1.54, 1.807) is 0 Å². The first-order valence-electron chi connectivity index (χ1n) is 9.21. The van der Waals surface area contributed by atoms with Crippen LogP contribution in [0.5, 0.6) is 0 Å². The number of aliphatic hydroxyl groups is 2. The lowest BCUT2D eigenvalue weighted by molar-refractivity contribution is -0.384. The lowest BCUT2D eigenvalue weighted by Gasteiger charge is -2.23. The van der Waals surface area contributed by atoms with Crippen LogP contribution in [0.25, 0.3) is 0 Å². The second-order valence-electron chi connectivity index (χ2n) is 6.66. The Kier molecular flexibility index (Phi) is 8.41. The van der Waals surface area contributed by atoms with Crippen LogP contribution < -0.4 is 16.4 Å². The predicted octanol–water partition coefficient (Wildman–Crippen LogP) is -0.208. The molecule has 0 saturated heterocycles. The first-order chi connectivity index (χ1) is 14.3. The van der Waals surface area contributed by atoms with Crippen molar-refractivity contribution in [1.29, 1.82) is 0 Å². The molecule has 10 nitrogen and oxygen atoms in total. The molecule has 0 radical (unpaired) electrons. The molecule has 2 unspecified atom stereocenters. The van der Waals surface area contributed by atoms with E-state index in [-0.39, 0.29) is 17.8 Å². The number of carbonyl (C=O) groups excluding carboxylic acids is 2. The average molecular weight is 416 g/mol. The largest absolute Gasteiger partial charge is 0.394 e. The Balaban J connectivity index is 1.85. The molecule has 2 aromatic rings. The molecule has 0 aliphatic heterocycles. The minimum absolute atomic E-state index is 0.148. The molecular formula is C20H24N4O6. The molecule has 30 heavy (non-hydrogen) atoms. The van der Waals surface area contributed by atoms with Crippen LogP contribution in [0.2, 0.25) is 0 Å². The first kappa shape index (κ1) is 22.9. The van der Waals surface area contributed by atoms with Gasteiger partial charge in [0.25, 0.3) is 5.69 Å². The van der Waals surface area contributed by atoms with Crippen molar-refractivity contribution in [3.63, 3.8) is 0 Å². The summed E-state index contributed by atoms with van der Waals surface area (Å²) >= 11 is 0. The third kappa shape index (κ3) is 6.62. The van der Waals surface area contributed by atoms with Gasteiger partial charge in [-0.2, -0.15) is 0 Å². The fourth-order valence-electron chi connectivity index (χ4n) is 2.77. The van der Waals surface area contributed by atoms with E-state index >= 15 is 0 Å². The molecule has 2 aromatic carbocycles. The average Bonchev–Trinajstić information content (AvgIpc) is 2.76. The van der Waals surface area contributed by atoms with Crippen molar-refractivity contribution in [2.45, 2.75) is 24.6 Å². The standard InChI is InChI=1S/C20H24N4O6/c21-16(10-13-4-2-1-3-5-13)20(28)22-11-18(26)23-17(12-25)19(27)14-6-8-15(9-7-14)24(29)30/h1-9,16-17,19,25,27H,10-12,21H2,(H,22,28)(H,23,26)/t16-,17?,19?/m0/s1. The fraction of sp³-hybridized carbons (Fsp3) is 0.300. The molecule has 160 valence electrons. The molecule has 3 atom stereocenters. The van der Waals surface area contributed by atoms with Gasteiger partial charge in [0.2, 0.25) is 11.8 Å². The Labute approximate surface area is 172 Å². The second kappa shape index (κ2) is 11.0. The number of nitrogens with one attached hydrogen (secondary N) is 2. The van der Waals surface area contributed by atoms with Crippen LogP contribution >= 0.6 is 0 Å². The minimum Gasteiger partial charge on any atom is -0.394 e. The molecule has 0 aliphatic carbocycles. The molecule has 0 aliphatic rings. The number of carbonyl (C=O) groups is 2. The van der Waals surface area contributed by atoms with E-state index in [4.69, 9.17) is 5.73 Å². The van der Waals surface area contributed by atoms with Crippen LogP contribution in [0.3, 0.4) is 0 Å². The van der Waals surface area contributed by atoms with Crippen molar-refractivity contribution in [3.8, 4) is 0 Å². The number of aliphatic hydroxyl groups excluding tert-OH is 2. The zero-order valence-electron chi connectivity index (χ0n) is 16.1. The van der Waals surface area contributed by atoms with E-state index in [1.807, 2.05) is 30.3 Å². The molecule has 2 rings (SSSR count). The van der Waals surface area contributed by atoms with Crippen molar-refractivity contribution < 1.29 is 24.7 Å². The highest BCUT2D eigenvalue weighted by Crippen LogP contribution is 2.20. The summed E-state index contributed by atoms with van der Waals surface area (Å²) in [5, 5.41) is 35.4. The van der Waals surface area contributed by atoms with E-state index in [0.29, 0.717) is 6.42 Å². The van der Waals surface area contributed by atoms with Crippen molar-refractivity contribution >= 4 is 17.5 Å². The summed E-state index contributed by atoms with van der Waals surface area (Å²) in [6.45, 7) is -0.962. The first-order valence-corrected chi connectivity index (χ1v) is 9.21. The van der Waals surface area contributed by atoms with Gasteiger partial charge in [-0.05, 0) is 29.7 Å². The number of amides is 2. The van der Waals surface area contributed by atoms with E-state index in [2.05, 4.69) is 10.6 Å². The normalized spacial score (nSPS) is 13.7. The Hall–Kier alpha value is -3.34. The van der Waals surface area contributed by atoms with E-state index in [9.17, 15) is 29.9 Å². The fourth-order valence-corrected chi connectivity index (χ4v) is 2.77. The quantitative estimate of drug-likeness (QED) is 0.264. The molecule has 0 bridgehead atoms. The van der Waals surface area contributed by atoms with Crippen molar-refractivity contribution in [2.75, 3.05) is 13.2 Å². The van der Waals surface area contributed by atoms with Gasteiger partial charge in [0, 0.05) is 12.1 Å². The third-order valence-electron chi connectivity index (χ3n) is 4.43. The summed E-state index contributed by atoms with van der Waals surface area (Å²) in [5.74, 6) is -1.14. The monoisotopic (exact) mass is 416 g/mol. The van der Waals surface area contributed by atoms with Gasteiger partial charge in [-0.3, -0.25) is 19.7 Å². The highest BCUT2D eigenvalue weighted by Gasteiger charge is 2.23. The van der Waals surface area contributed by atoms with E-state index < -0.39 is 41.5 Å². The van der Waals surface area contributed by atoms with Gasteiger partial charge in [-0.15, -0.1) is 0 Å². The van der Waals surface area contributed by atoms with Gasteiger partial charge in [0.15, 0.2) is 0 Å². The Morgan fingerprint density at radius 3 is 2.30 bits per heavy atom. The number of hydrogen-bond donors (Lipinski definition) is 5. The number of nitro groups is 1. The van der Waals surface area contributed by atoms with Crippen molar-refractivity contribution in [1.82, 2.24) is 10.6 Å². The lowest BCUT2D eigenvalue weighted by atomic mass is 10.0. The van der Waals surface area contributed by atoms with Gasteiger partial charge in [-0.1, -0.05) is 30.3 Å². The third-order valence-corrected chi connectivity index (χ3v) is 4.43. The molecule has 0 saturated carbocycles. The maximum Gasteiger partial charge on any atom is 0.269 e. The molecule has 0 aromatic heterocycles. The Morgan fingerprint density at radius 2 is 1.73 bits per heavy atom. The number of rotatable bonds is 10. The van der Waals surface area contributed by atoms with Crippen LogP contribution in [-0.4, -0.2) is 52.2 Å². The maximum absolute atomic E-state index is 12.1. The number of hydrogen-bond acceptors (Lipinski definition) is 7. The number of nitrogens with two attached hydrogens (primary N) is 1. The zero-order valence-corrected chi connectivity index (χ0v) is 16.1. The summed E-state index contributed by atoms with van der Waals surface area (Å²) in [6, 6.07) is 12.4. The lowest BCUT2D eigenvalue weighted by Crippen LogP contribution is -2.49. The maximum atomic E-state index is 12.1. The molecule has 2 amide bonds. The minimum atomic E-state index is -1.30. The highest BCUT2D eigenvalue weighted by molar-refractivity contribution is 5.87. The van der Waals surface area contributed by atoms with Gasteiger partial charge < -0.3 is 26.6 Å². The van der Waals surface area contributed by atoms with Crippen molar-refractivity contribution in [2.24, 2.45) is 5.73 Å². The summed E-state index contributed by atoms with van der Waals surface area (Å²) in [7, 11) is 0. The molecular weight excluding hydrogens is 392 g/mol. The summed E-state index contributed by atoms with van der Waals surface area (Å²) in [4.78, 5) is 34.3. The van der Waals surface area contributed by atoms with Gasteiger partial charge in [-0.25, -0.2) is 0 Å². The van der Waals surface area contributed by atoms with Crippen LogP contribution in [0.15, 0.2) is 54.6 Å². The summed E-state index contributed by atoms with van der Waals surface area (Å²) in [6.07, 6.45) is -0.984. The van der Waals surface area contributed by atoms with Gasteiger partial charge in [0.05, 0.1) is 30.2 Å². The topological polar surface area (TPSA) is 168 Å². The zero-order chi connectivity index (χ0) is 22.1. The predicted molar refractivity (Wildman–Crippen MR) is 108 cm³/mol. The molecule has 6 N–H and O–H groups in total. The van der Waals surface area contributed by atoms with Crippen molar-refractivity contribution in [3.05, 3.63) is 75.8 Å².